The van der Waals surface area contributed by atoms with Crippen molar-refractivity contribution in [1.29, 1.82) is 0 Å². The first kappa shape index (κ1) is 22.4. The number of hydrogen-bond donors (Lipinski definition) is 0. The molecule has 4 rings (SSSR count). The molecule has 0 N–H and O–H groups in total. The molecule has 0 unspecified atom stereocenters. The molecular formula is C24H37NO3SSi. The highest BCUT2D eigenvalue weighted by molar-refractivity contribution is 8.29. The number of amides is 1. The number of hydrogen-bond acceptors (Lipinski definition) is 4. The van der Waals surface area contributed by atoms with Crippen molar-refractivity contribution >= 4 is 30.0 Å². The van der Waals surface area contributed by atoms with Crippen molar-refractivity contribution in [2.45, 2.75) is 88.1 Å². The summed E-state index contributed by atoms with van der Waals surface area (Å²) in [5, 5.41) is 0. The molecule has 1 saturated carbocycles. The van der Waals surface area contributed by atoms with E-state index < -0.39 is 13.0 Å². The van der Waals surface area contributed by atoms with Gasteiger partial charge in [-0.25, -0.2) is 0 Å². The molecule has 3 aliphatic rings. The third-order valence-corrected chi connectivity index (χ3v) is 19.4. The fourth-order valence-corrected chi connectivity index (χ4v) is 14.7. The van der Waals surface area contributed by atoms with Gasteiger partial charge in [0.05, 0.1) is 18.9 Å². The average molecular weight is 448 g/mol. The maximum absolute atomic E-state index is 13.5. The van der Waals surface area contributed by atoms with Crippen molar-refractivity contribution in [2.24, 2.45) is 5.92 Å². The molecule has 2 heterocycles. The number of carbonyl (C=O) groups is 1. The van der Waals surface area contributed by atoms with Crippen LogP contribution in [0.4, 0.5) is 5.69 Å². The molecule has 2 fully saturated rings. The molecule has 166 valence electrons. The molecule has 30 heavy (non-hydrogen) atoms. The third kappa shape index (κ3) is 3.57. The zero-order chi connectivity index (χ0) is 21.7. The summed E-state index contributed by atoms with van der Waals surface area (Å²) in [6.45, 7) is 16.3. The van der Waals surface area contributed by atoms with Gasteiger partial charge >= 0.3 is 0 Å². The van der Waals surface area contributed by atoms with Crippen LogP contribution in [0.25, 0.3) is 0 Å². The molecule has 1 aliphatic carbocycles. The highest BCUT2D eigenvalue weighted by Crippen LogP contribution is 2.54. The predicted molar refractivity (Wildman–Crippen MR) is 127 cm³/mol. The van der Waals surface area contributed by atoms with E-state index in [1.165, 1.54) is 17.7 Å². The van der Waals surface area contributed by atoms with Crippen LogP contribution in [0.15, 0.2) is 23.1 Å². The van der Waals surface area contributed by atoms with Crippen molar-refractivity contribution in [3.63, 3.8) is 0 Å². The minimum Gasteiger partial charge on any atom is -0.338 e. The summed E-state index contributed by atoms with van der Waals surface area (Å²) >= 11 is 2.10. The summed E-state index contributed by atoms with van der Waals surface area (Å²) in [6, 6.07) is 6.59. The molecule has 1 saturated heterocycles. The van der Waals surface area contributed by atoms with Gasteiger partial charge in [0.15, 0.2) is 0 Å². The zero-order valence-corrected chi connectivity index (χ0v) is 21.2. The molecule has 1 aromatic carbocycles. The van der Waals surface area contributed by atoms with Crippen molar-refractivity contribution in [3.05, 3.63) is 23.8 Å². The van der Waals surface area contributed by atoms with Crippen LogP contribution >= 0.6 is 11.2 Å². The fourth-order valence-electron chi connectivity index (χ4n) is 5.59. The number of ether oxygens (including phenoxy) is 2. The van der Waals surface area contributed by atoms with Crippen molar-refractivity contribution in [3.8, 4) is 0 Å². The van der Waals surface area contributed by atoms with Crippen LogP contribution < -0.4 is 4.90 Å². The van der Waals surface area contributed by atoms with Crippen LogP contribution in [-0.4, -0.2) is 32.9 Å². The lowest BCUT2D eigenvalue weighted by atomic mass is 10.1. The lowest BCUT2D eigenvalue weighted by Gasteiger charge is -2.42. The minimum absolute atomic E-state index is 0.0219. The van der Waals surface area contributed by atoms with E-state index in [9.17, 15) is 4.79 Å². The first-order chi connectivity index (χ1) is 14.2. The quantitative estimate of drug-likeness (QED) is 0.460. The Balaban J connectivity index is 1.74. The number of rotatable bonds is 7. The first-order valence-corrected chi connectivity index (χ1v) is 15.4. The van der Waals surface area contributed by atoms with E-state index in [0.29, 0.717) is 35.8 Å². The van der Waals surface area contributed by atoms with Crippen molar-refractivity contribution in [2.75, 3.05) is 24.7 Å². The van der Waals surface area contributed by atoms with Gasteiger partial charge in [-0.3, -0.25) is 4.79 Å². The second-order valence-corrected chi connectivity index (χ2v) is 18.7. The normalized spacial score (nSPS) is 21.4. The van der Waals surface area contributed by atoms with Gasteiger partial charge in [-0.1, -0.05) is 41.5 Å². The molecule has 1 spiro atoms. The van der Waals surface area contributed by atoms with Crippen LogP contribution in [0.2, 0.25) is 16.6 Å². The SMILES string of the molecule is CC(C)[Si](Sc1ccc2c(c1)C1(OCCCO1)C(=O)N2CC1CC1)(C(C)C)C(C)C. The number of carbonyl (C=O) groups excluding carboxylic acids is 1. The van der Waals surface area contributed by atoms with Crippen LogP contribution in [0.5, 0.6) is 0 Å². The Bertz CT molecular complexity index is 778. The van der Waals surface area contributed by atoms with Crippen LogP contribution in [-0.2, 0) is 20.1 Å². The van der Waals surface area contributed by atoms with E-state index in [1.807, 2.05) is 4.90 Å². The Morgan fingerprint density at radius 2 is 1.67 bits per heavy atom. The molecule has 0 atom stereocenters. The topological polar surface area (TPSA) is 38.8 Å². The smallest absolute Gasteiger partial charge is 0.292 e. The summed E-state index contributed by atoms with van der Waals surface area (Å²) in [7, 11) is -1.68. The van der Waals surface area contributed by atoms with Crippen LogP contribution in [0, 0.1) is 5.92 Å². The number of benzene rings is 1. The first-order valence-electron chi connectivity index (χ1n) is 11.7. The van der Waals surface area contributed by atoms with E-state index >= 15 is 0 Å². The second kappa shape index (κ2) is 8.27. The van der Waals surface area contributed by atoms with Gasteiger partial charge in [-0.15, -0.1) is 0 Å². The summed E-state index contributed by atoms with van der Waals surface area (Å²) in [4.78, 5) is 16.7. The molecule has 1 amide bonds. The van der Waals surface area contributed by atoms with E-state index in [0.717, 1.165) is 24.2 Å². The van der Waals surface area contributed by atoms with E-state index in [-0.39, 0.29) is 5.91 Å². The molecule has 6 heteroatoms. The maximum Gasteiger partial charge on any atom is 0.292 e. The maximum atomic E-state index is 13.5. The van der Waals surface area contributed by atoms with Gasteiger partial charge in [0.1, 0.15) is 7.22 Å². The Labute approximate surface area is 186 Å². The van der Waals surface area contributed by atoms with Crippen molar-refractivity contribution < 1.29 is 14.3 Å². The van der Waals surface area contributed by atoms with Crippen LogP contribution in [0.3, 0.4) is 0 Å². The van der Waals surface area contributed by atoms with Gasteiger partial charge in [0.2, 0.25) is 0 Å². The monoisotopic (exact) mass is 447 g/mol. The predicted octanol–water partition coefficient (Wildman–Crippen LogP) is 6.30. The van der Waals surface area contributed by atoms with Crippen LogP contribution in [0.1, 0.15) is 66.4 Å². The third-order valence-electron chi connectivity index (χ3n) is 7.18. The Hall–Kier alpha value is -0.823. The summed E-state index contributed by atoms with van der Waals surface area (Å²) in [5.41, 5.74) is 3.92. The number of fused-ring (bicyclic) bond motifs is 2. The molecular weight excluding hydrogens is 410 g/mol. The number of nitrogens with zero attached hydrogens (tertiary/aromatic N) is 1. The van der Waals surface area contributed by atoms with E-state index in [1.54, 1.807) is 0 Å². The van der Waals surface area contributed by atoms with Crippen molar-refractivity contribution in [1.82, 2.24) is 0 Å². The highest BCUT2D eigenvalue weighted by Gasteiger charge is 2.56. The van der Waals surface area contributed by atoms with E-state index in [4.69, 9.17) is 9.47 Å². The summed E-state index contributed by atoms with van der Waals surface area (Å²) in [5.74, 6) is -0.625. The molecule has 4 nitrogen and oxygen atoms in total. The molecule has 0 bridgehead atoms. The number of anilines is 1. The zero-order valence-electron chi connectivity index (χ0n) is 19.4. The average Bonchev–Trinajstić information content (AvgIpc) is 3.50. The Morgan fingerprint density at radius 1 is 1.07 bits per heavy atom. The second-order valence-electron chi connectivity index (χ2n) is 10.1. The van der Waals surface area contributed by atoms with Gasteiger partial charge in [-0.05, 0) is 60.0 Å². The lowest BCUT2D eigenvalue weighted by Crippen LogP contribution is -2.47. The summed E-state index contributed by atoms with van der Waals surface area (Å²) < 4.78 is 12.2. The van der Waals surface area contributed by atoms with Gasteiger partial charge in [0.25, 0.3) is 11.7 Å². The summed E-state index contributed by atoms with van der Waals surface area (Å²) in [6.07, 6.45) is 3.27. The van der Waals surface area contributed by atoms with Gasteiger partial charge in [-0.2, -0.15) is 11.2 Å². The molecule has 1 aromatic rings. The minimum atomic E-state index is -1.68. The Kier molecular flexibility index (Phi) is 6.16. The largest absolute Gasteiger partial charge is 0.338 e. The standard InChI is InChI=1S/C24H37NO3SSi/c1-16(2)30(17(3)4,18(5)6)29-20-10-11-22-21(14-20)24(27-12-7-13-28-24)23(26)25(22)15-19-8-9-19/h10-11,14,16-19H,7-9,12-13,15H2,1-6H3. The lowest BCUT2D eigenvalue weighted by molar-refractivity contribution is -0.256. The Morgan fingerprint density at radius 3 is 2.20 bits per heavy atom. The molecule has 0 aromatic heterocycles. The fraction of sp³-hybridized carbons (Fsp3) is 0.708. The van der Waals surface area contributed by atoms with Gasteiger partial charge < -0.3 is 14.4 Å². The van der Waals surface area contributed by atoms with Gasteiger partial charge in [0, 0.05) is 17.0 Å². The van der Waals surface area contributed by atoms with E-state index in [2.05, 4.69) is 71.0 Å². The molecule has 0 radical (unpaired) electrons. The molecule has 2 aliphatic heterocycles. The highest BCUT2D eigenvalue weighted by atomic mass is 32.4.